The molecule has 2 aromatic carbocycles. The molecule has 0 amide bonds. The van der Waals surface area contributed by atoms with E-state index in [2.05, 4.69) is 0 Å². The summed E-state index contributed by atoms with van der Waals surface area (Å²) in [4.78, 5) is 0. The summed E-state index contributed by atoms with van der Waals surface area (Å²) in [7, 11) is 0. The van der Waals surface area contributed by atoms with E-state index >= 15 is 0 Å². The molecule has 0 aliphatic rings. The summed E-state index contributed by atoms with van der Waals surface area (Å²) >= 11 is 11.9. The van der Waals surface area contributed by atoms with Gasteiger partial charge in [-0.1, -0.05) is 35.3 Å². The molecule has 0 saturated carbocycles. The maximum absolute atomic E-state index is 13.1. The van der Waals surface area contributed by atoms with Gasteiger partial charge in [0.1, 0.15) is 5.82 Å². The summed E-state index contributed by atoms with van der Waals surface area (Å²) < 4.78 is 13.1. The van der Waals surface area contributed by atoms with Gasteiger partial charge in [-0.25, -0.2) is 4.39 Å². The van der Waals surface area contributed by atoms with Crippen molar-refractivity contribution in [3.05, 3.63) is 62.9 Å². The Morgan fingerprint density at radius 3 is 2.56 bits per heavy atom. The van der Waals surface area contributed by atoms with Gasteiger partial charge in [0.2, 0.25) is 0 Å². The first-order valence-corrected chi connectivity index (χ1v) is 6.21. The van der Waals surface area contributed by atoms with Gasteiger partial charge < -0.3 is 5.73 Å². The van der Waals surface area contributed by atoms with Gasteiger partial charge in [-0.3, -0.25) is 0 Å². The van der Waals surface area contributed by atoms with Crippen molar-refractivity contribution in [2.24, 2.45) is 0 Å². The van der Waals surface area contributed by atoms with Crippen LogP contribution in [0.4, 0.5) is 10.1 Å². The molecule has 0 fully saturated rings. The van der Waals surface area contributed by atoms with Gasteiger partial charge in [0.05, 0.1) is 15.7 Å². The summed E-state index contributed by atoms with van der Waals surface area (Å²) in [5.41, 5.74) is 9.22. The summed E-state index contributed by atoms with van der Waals surface area (Å²) in [6.07, 6.45) is 0.574. The Labute approximate surface area is 115 Å². The van der Waals surface area contributed by atoms with Crippen LogP contribution >= 0.6 is 23.2 Å². The maximum atomic E-state index is 13.1. The number of rotatable bonds is 2. The van der Waals surface area contributed by atoms with Crippen molar-refractivity contribution in [1.29, 1.82) is 0 Å². The third-order valence-electron chi connectivity index (χ3n) is 2.70. The van der Waals surface area contributed by atoms with Gasteiger partial charge in [0, 0.05) is 0 Å². The third-order valence-corrected chi connectivity index (χ3v) is 3.45. The molecule has 2 N–H and O–H groups in total. The topological polar surface area (TPSA) is 26.0 Å². The first-order chi connectivity index (χ1) is 8.47. The quantitative estimate of drug-likeness (QED) is 0.800. The van der Waals surface area contributed by atoms with Gasteiger partial charge in [-0.15, -0.1) is 0 Å². The molecule has 0 heterocycles. The summed E-state index contributed by atoms with van der Waals surface area (Å²) in [5.74, 6) is -0.421. The summed E-state index contributed by atoms with van der Waals surface area (Å²) in [5, 5.41) is 0.658. The summed E-state index contributed by atoms with van der Waals surface area (Å²) in [6, 6.07) is 8.44. The maximum Gasteiger partial charge on any atom is 0.141 e. The van der Waals surface area contributed by atoms with E-state index in [1.165, 1.54) is 6.07 Å². The van der Waals surface area contributed by atoms with E-state index in [4.69, 9.17) is 28.9 Å². The molecule has 0 aliphatic heterocycles. The Morgan fingerprint density at radius 2 is 1.89 bits per heavy atom. The van der Waals surface area contributed by atoms with Crippen molar-refractivity contribution in [2.45, 2.75) is 13.3 Å². The minimum Gasteiger partial charge on any atom is -0.398 e. The zero-order valence-corrected chi connectivity index (χ0v) is 11.3. The predicted octanol–water partition coefficient (Wildman–Crippen LogP) is 4.61. The van der Waals surface area contributed by atoms with Crippen molar-refractivity contribution in [1.82, 2.24) is 0 Å². The highest BCUT2D eigenvalue weighted by atomic mass is 35.5. The van der Waals surface area contributed by atoms with Crippen LogP contribution in [-0.4, -0.2) is 0 Å². The number of benzene rings is 2. The van der Waals surface area contributed by atoms with Crippen LogP contribution in [0.5, 0.6) is 0 Å². The van der Waals surface area contributed by atoms with Gasteiger partial charge in [-0.05, 0) is 48.2 Å². The number of aryl methyl sites for hydroxylation is 1. The lowest BCUT2D eigenvalue weighted by Crippen LogP contribution is -1.96. The molecule has 0 aliphatic carbocycles. The molecule has 0 atom stereocenters. The van der Waals surface area contributed by atoms with Crippen LogP contribution in [-0.2, 0) is 6.42 Å². The molecule has 0 saturated heterocycles. The molecule has 0 bridgehead atoms. The second-order valence-electron chi connectivity index (χ2n) is 4.25. The summed E-state index contributed by atoms with van der Waals surface area (Å²) in [6.45, 7) is 1.95. The molecule has 94 valence electrons. The minimum absolute atomic E-state index is 0.115. The van der Waals surface area contributed by atoms with Crippen LogP contribution in [0, 0.1) is 12.7 Å². The Bertz CT molecular complexity index is 597. The van der Waals surface area contributed by atoms with Crippen LogP contribution in [0.25, 0.3) is 0 Å². The van der Waals surface area contributed by atoms with Crippen LogP contribution in [0.2, 0.25) is 10.0 Å². The van der Waals surface area contributed by atoms with Gasteiger partial charge in [0.15, 0.2) is 0 Å². The van der Waals surface area contributed by atoms with Crippen molar-refractivity contribution >= 4 is 28.9 Å². The molecule has 18 heavy (non-hydrogen) atoms. The van der Waals surface area contributed by atoms with Crippen molar-refractivity contribution in [2.75, 3.05) is 5.73 Å². The number of nitrogen functional groups attached to an aromatic ring is 1. The van der Waals surface area contributed by atoms with Crippen LogP contribution in [0.3, 0.4) is 0 Å². The molecular formula is C14H12Cl2FN. The lowest BCUT2D eigenvalue weighted by Gasteiger charge is -2.09. The average Bonchev–Trinajstić information content (AvgIpc) is 2.30. The van der Waals surface area contributed by atoms with E-state index in [-0.39, 0.29) is 5.02 Å². The molecule has 0 radical (unpaired) electrons. The molecular weight excluding hydrogens is 272 g/mol. The highest BCUT2D eigenvalue weighted by molar-refractivity contribution is 6.34. The van der Waals surface area contributed by atoms with Crippen molar-refractivity contribution in [3.8, 4) is 0 Å². The first kappa shape index (κ1) is 13.2. The molecule has 0 unspecified atom stereocenters. The van der Waals surface area contributed by atoms with E-state index in [0.717, 1.165) is 16.7 Å². The van der Waals surface area contributed by atoms with Gasteiger partial charge in [0.25, 0.3) is 0 Å². The molecule has 0 aromatic heterocycles. The number of anilines is 1. The Kier molecular flexibility index (Phi) is 3.79. The third kappa shape index (κ3) is 2.77. The van der Waals surface area contributed by atoms with Crippen LogP contribution in [0.15, 0.2) is 30.3 Å². The second-order valence-corrected chi connectivity index (χ2v) is 5.04. The van der Waals surface area contributed by atoms with Crippen LogP contribution in [0.1, 0.15) is 16.7 Å². The van der Waals surface area contributed by atoms with E-state index in [9.17, 15) is 4.39 Å². The molecule has 4 heteroatoms. The Hall–Kier alpha value is -1.25. The zero-order valence-electron chi connectivity index (χ0n) is 9.81. The number of hydrogen-bond donors (Lipinski definition) is 1. The highest BCUT2D eigenvalue weighted by Gasteiger charge is 2.08. The van der Waals surface area contributed by atoms with Crippen molar-refractivity contribution in [3.63, 3.8) is 0 Å². The normalized spacial score (nSPS) is 10.7. The lowest BCUT2D eigenvalue weighted by atomic mass is 10.0. The van der Waals surface area contributed by atoms with E-state index in [0.29, 0.717) is 17.1 Å². The largest absolute Gasteiger partial charge is 0.398 e. The smallest absolute Gasteiger partial charge is 0.141 e. The first-order valence-electron chi connectivity index (χ1n) is 5.46. The van der Waals surface area contributed by atoms with Gasteiger partial charge in [-0.2, -0.15) is 0 Å². The number of nitrogens with two attached hydrogens (primary N) is 1. The monoisotopic (exact) mass is 283 g/mol. The van der Waals surface area contributed by atoms with Crippen LogP contribution < -0.4 is 5.73 Å². The van der Waals surface area contributed by atoms with E-state index in [1.807, 2.05) is 19.1 Å². The fourth-order valence-electron chi connectivity index (χ4n) is 1.87. The lowest BCUT2D eigenvalue weighted by molar-refractivity contribution is 0.627. The zero-order chi connectivity index (χ0) is 13.3. The molecule has 1 nitrogen and oxygen atoms in total. The molecule has 2 aromatic rings. The van der Waals surface area contributed by atoms with E-state index < -0.39 is 5.82 Å². The van der Waals surface area contributed by atoms with E-state index in [1.54, 1.807) is 12.1 Å². The second kappa shape index (κ2) is 5.17. The average molecular weight is 284 g/mol. The van der Waals surface area contributed by atoms with Crippen molar-refractivity contribution < 1.29 is 4.39 Å². The Balaban J connectivity index is 2.36. The van der Waals surface area contributed by atoms with Gasteiger partial charge >= 0.3 is 0 Å². The standard InChI is InChI=1S/C14H12Cl2FN/c1-8-4-10(14(16)13(18)5-8)6-9-2-3-12(17)11(15)7-9/h2-5,7H,6,18H2,1H3. The predicted molar refractivity (Wildman–Crippen MR) is 74.8 cm³/mol. The fraction of sp³-hybridized carbons (Fsp3) is 0.143. The highest BCUT2D eigenvalue weighted by Crippen LogP contribution is 2.28. The number of hydrogen-bond acceptors (Lipinski definition) is 1. The SMILES string of the molecule is Cc1cc(N)c(Cl)c(Cc2ccc(F)c(Cl)c2)c1. The minimum atomic E-state index is -0.421. The molecule has 2 rings (SSSR count). The Morgan fingerprint density at radius 1 is 1.17 bits per heavy atom. The number of halogens is 3. The fourth-order valence-corrected chi connectivity index (χ4v) is 2.25. The molecule has 0 spiro atoms.